The zero-order chi connectivity index (χ0) is 20.7. The molecule has 1 heterocycles. The van der Waals surface area contributed by atoms with E-state index in [0.29, 0.717) is 16.9 Å². The highest BCUT2D eigenvalue weighted by Crippen LogP contribution is 2.34. The minimum Gasteiger partial charge on any atom is -0.428 e. The number of hydrogen-bond donors (Lipinski definition) is 1. The van der Waals surface area contributed by atoms with Gasteiger partial charge in [-0.05, 0) is 48.4 Å². The summed E-state index contributed by atoms with van der Waals surface area (Å²) < 4.78 is 66.3. The van der Waals surface area contributed by atoms with E-state index in [-0.39, 0.29) is 16.0 Å². The van der Waals surface area contributed by atoms with Gasteiger partial charge in [-0.2, -0.15) is 13.2 Å². The fraction of sp³-hybridized carbons (Fsp3) is 0.105. The molecule has 0 bridgehead atoms. The minimum atomic E-state index is -4.50. The van der Waals surface area contributed by atoms with Crippen LogP contribution in [-0.4, -0.2) is 8.42 Å². The van der Waals surface area contributed by atoms with Gasteiger partial charge < -0.3 is 4.42 Å². The number of nitrogens with two attached hydrogens (primary N) is 1. The molecule has 0 saturated carbocycles. The second-order valence-corrected chi connectivity index (χ2v) is 7.64. The molecule has 146 valence electrons. The molecule has 0 amide bonds. The molecule has 0 saturated heterocycles. The monoisotopic (exact) mass is 409 g/mol. The summed E-state index contributed by atoms with van der Waals surface area (Å²) in [5.74, 6) is 0.297. The molecular formula is C19H14F3NO4S. The van der Waals surface area contributed by atoms with Crippen molar-refractivity contribution in [2.24, 2.45) is 5.14 Å². The van der Waals surface area contributed by atoms with E-state index < -0.39 is 27.4 Å². The van der Waals surface area contributed by atoms with Crippen LogP contribution in [-0.2, 0) is 16.2 Å². The van der Waals surface area contributed by atoms with Crippen molar-refractivity contribution in [3.63, 3.8) is 0 Å². The van der Waals surface area contributed by atoms with Crippen molar-refractivity contribution in [1.82, 2.24) is 0 Å². The Morgan fingerprint density at radius 1 is 0.929 bits per heavy atom. The normalized spacial score (nSPS) is 12.2. The van der Waals surface area contributed by atoms with Crippen molar-refractivity contribution in [3.05, 3.63) is 76.3 Å². The van der Waals surface area contributed by atoms with Gasteiger partial charge in [0, 0.05) is 5.56 Å². The average Bonchev–Trinajstić information content (AvgIpc) is 2.60. The summed E-state index contributed by atoms with van der Waals surface area (Å²) in [6, 6.07) is 11.2. The molecule has 0 fully saturated rings. The minimum absolute atomic E-state index is 0.0719. The van der Waals surface area contributed by atoms with E-state index in [0.717, 1.165) is 12.1 Å². The largest absolute Gasteiger partial charge is 0.428 e. The lowest BCUT2D eigenvalue weighted by atomic mass is 9.95. The maximum absolute atomic E-state index is 12.8. The average molecular weight is 409 g/mol. The van der Waals surface area contributed by atoms with E-state index in [9.17, 15) is 26.4 Å². The first-order valence-corrected chi connectivity index (χ1v) is 9.47. The van der Waals surface area contributed by atoms with Gasteiger partial charge in [0.15, 0.2) is 0 Å². The standard InChI is InChI=1S/C19H14F3NO4S/c1-11-10-16(12-4-8-15(9-5-12)28(23,25)26)17(18(24)27-11)13-2-6-14(7-3-13)19(20,21)22/h2-10H,1H3,(H2,23,25,26). The van der Waals surface area contributed by atoms with Crippen LogP contribution in [0.2, 0.25) is 0 Å². The number of halogens is 3. The van der Waals surface area contributed by atoms with Gasteiger partial charge in [-0.25, -0.2) is 18.4 Å². The maximum Gasteiger partial charge on any atom is 0.416 e. The van der Waals surface area contributed by atoms with E-state index >= 15 is 0 Å². The fourth-order valence-corrected chi connectivity index (χ4v) is 3.28. The van der Waals surface area contributed by atoms with E-state index in [1.54, 1.807) is 13.0 Å². The van der Waals surface area contributed by atoms with Gasteiger partial charge in [0.1, 0.15) is 5.76 Å². The third-order valence-corrected chi connectivity index (χ3v) is 5.00. The third kappa shape index (κ3) is 4.00. The van der Waals surface area contributed by atoms with Gasteiger partial charge in [0.2, 0.25) is 10.0 Å². The van der Waals surface area contributed by atoms with E-state index in [4.69, 9.17) is 9.56 Å². The Labute approximate surface area is 158 Å². The number of rotatable bonds is 3. The first kappa shape index (κ1) is 19.8. The van der Waals surface area contributed by atoms with E-state index in [1.165, 1.54) is 36.4 Å². The SMILES string of the molecule is Cc1cc(-c2ccc(S(N)(=O)=O)cc2)c(-c2ccc(C(F)(F)F)cc2)c(=O)o1. The van der Waals surface area contributed by atoms with Crippen LogP contribution in [0.3, 0.4) is 0 Å². The number of aryl methyl sites for hydroxylation is 1. The molecule has 9 heteroatoms. The van der Waals surface area contributed by atoms with Gasteiger partial charge in [0.05, 0.1) is 16.0 Å². The Bertz CT molecular complexity index is 1180. The molecule has 3 rings (SSSR count). The van der Waals surface area contributed by atoms with Crippen molar-refractivity contribution < 1.29 is 26.0 Å². The van der Waals surface area contributed by atoms with Crippen LogP contribution in [0.4, 0.5) is 13.2 Å². The molecule has 0 aliphatic rings. The molecule has 0 spiro atoms. The lowest BCUT2D eigenvalue weighted by Crippen LogP contribution is -2.12. The van der Waals surface area contributed by atoms with Crippen LogP contribution in [0.5, 0.6) is 0 Å². The smallest absolute Gasteiger partial charge is 0.416 e. The molecule has 28 heavy (non-hydrogen) atoms. The molecule has 5 nitrogen and oxygen atoms in total. The van der Waals surface area contributed by atoms with Gasteiger partial charge >= 0.3 is 11.8 Å². The summed E-state index contributed by atoms with van der Waals surface area (Å²) in [5.41, 5.74) is -0.361. The summed E-state index contributed by atoms with van der Waals surface area (Å²) >= 11 is 0. The molecule has 0 atom stereocenters. The predicted molar refractivity (Wildman–Crippen MR) is 97.0 cm³/mol. The lowest BCUT2D eigenvalue weighted by Gasteiger charge is -2.12. The Kier molecular flexibility index (Phi) is 4.90. The van der Waals surface area contributed by atoms with Crippen LogP contribution in [0, 0.1) is 6.92 Å². The molecule has 2 N–H and O–H groups in total. The second-order valence-electron chi connectivity index (χ2n) is 6.08. The number of hydrogen-bond acceptors (Lipinski definition) is 4. The van der Waals surface area contributed by atoms with Crippen molar-refractivity contribution in [2.75, 3.05) is 0 Å². The topological polar surface area (TPSA) is 90.4 Å². The summed E-state index contributed by atoms with van der Waals surface area (Å²) in [5, 5.41) is 5.08. The van der Waals surface area contributed by atoms with E-state index in [1.807, 2.05) is 0 Å². The second kappa shape index (κ2) is 6.92. The number of primary sulfonamides is 1. The predicted octanol–water partition coefficient (Wildman–Crippen LogP) is 3.95. The lowest BCUT2D eigenvalue weighted by molar-refractivity contribution is -0.137. The summed E-state index contributed by atoms with van der Waals surface area (Å²) in [7, 11) is -3.89. The first-order chi connectivity index (χ1) is 13.0. The van der Waals surface area contributed by atoms with Gasteiger partial charge in [0.25, 0.3) is 0 Å². The van der Waals surface area contributed by atoms with Crippen LogP contribution >= 0.6 is 0 Å². The van der Waals surface area contributed by atoms with Crippen LogP contribution in [0.15, 0.2) is 68.7 Å². The zero-order valence-electron chi connectivity index (χ0n) is 14.4. The molecule has 1 aromatic heterocycles. The fourth-order valence-electron chi connectivity index (χ4n) is 2.76. The first-order valence-electron chi connectivity index (χ1n) is 7.92. The molecular weight excluding hydrogens is 395 g/mol. The van der Waals surface area contributed by atoms with Crippen molar-refractivity contribution >= 4 is 10.0 Å². The highest BCUT2D eigenvalue weighted by Gasteiger charge is 2.30. The van der Waals surface area contributed by atoms with Gasteiger partial charge in [-0.1, -0.05) is 24.3 Å². The van der Waals surface area contributed by atoms with Crippen molar-refractivity contribution in [3.8, 4) is 22.3 Å². The summed E-state index contributed by atoms with van der Waals surface area (Å²) in [6.45, 7) is 1.56. The Morgan fingerprint density at radius 2 is 1.46 bits per heavy atom. The van der Waals surface area contributed by atoms with Gasteiger partial charge in [-0.15, -0.1) is 0 Å². The Balaban J connectivity index is 2.17. The molecule has 3 aromatic rings. The van der Waals surface area contributed by atoms with Crippen molar-refractivity contribution in [2.45, 2.75) is 18.0 Å². The van der Waals surface area contributed by atoms with Crippen LogP contribution < -0.4 is 10.8 Å². The quantitative estimate of drug-likeness (QED) is 0.709. The number of alkyl halides is 3. The van der Waals surface area contributed by atoms with Gasteiger partial charge in [-0.3, -0.25) is 0 Å². The molecule has 0 aliphatic heterocycles. The Hall–Kier alpha value is -2.91. The van der Waals surface area contributed by atoms with Crippen LogP contribution in [0.25, 0.3) is 22.3 Å². The highest BCUT2D eigenvalue weighted by molar-refractivity contribution is 7.89. The van der Waals surface area contributed by atoms with E-state index in [2.05, 4.69) is 0 Å². The Morgan fingerprint density at radius 3 is 1.96 bits per heavy atom. The maximum atomic E-state index is 12.8. The molecule has 2 aromatic carbocycles. The third-order valence-electron chi connectivity index (χ3n) is 4.07. The zero-order valence-corrected chi connectivity index (χ0v) is 15.3. The molecule has 0 radical (unpaired) electrons. The van der Waals surface area contributed by atoms with Crippen molar-refractivity contribution in [1.29, 1.82) is 0 Å². The summed E-state index contributed by atoms with van der Waals surface area (Å²) in [4.78, 5) is 12.3. The summed E-state index contributed by atoms with van der Waals surface area (Å²) in [6.07, 6.45) is -4.50. The number of sulfonamides is 1. The molecule has 0 unspecified atom stereocenters. The number of benzene rings is 2. The van der Waals surface area contributed by atoms with Crippen LogP contribution in [0.1, 0.15) is 11.3 Å². The molecule has 0 aliphatic carbocycles. The highest BCUT2D eigenvalue weighted by atomic mass is 32.2.